The molecule has 1 aromatic heterocycles. The SMILES string of the molecule is CC(C)(C)c1ccc(OCc2cccc(C(=O)Nc3nn(Cc4c(Cl)cccc4Cl)cc3Cl)c2)cc1. The average molecular weight is 543 g/mol. The molecule has 0 bridgehead atoms. The van der Waals surface area contributed by atoms with Gasteiger partial charge in [0.25, 0.3) is 5.91 Å². The fraction of sp³-hybridized carbons (Fsp3) is 0.214. The summed E-state index contributed by atoms with van der Waals surface area (Å²) in [4.78, 5) is 12.9. The monoisotopic (exact) mass is 541 g/mol. The van der Waals surface area contributed by atoms with Crippen LogP contribution >= 0.6 is 34.8 Å². The van der Waals surface area contributed by atoms with Crippen molar-refractivity contribution < 1.29 is 9.53 Å². The van der Waals surface area contributed by atoms with Crippen LogP contribution in [0.15, 0.2) is 72.9 Å². The molecule has 0 unspecified atom stereocenters. The quantitative estimate of drug-likeness (QED) is 0.257. The number of anilines is 1. The van der Waals surface area contributed by atoms with Crippen LogP contribution < -0.4 is 10.1 Å². The number of carbonyl (C=O) groups is 1. The summed E-state index contributed by atoms with van der Waals surface area (Å²) in [7, 11) is 0. The second-order valence-electron chi connectivity index (χ2n) is 9.44. The number of hydrogen-bond donors (Lipinski definition) is 1. The van der Waals surface area contributed by atoms with Crippen LogP contribution in [0.5, 0.6) is 5.75 Å². The van der Waals surface area contributed by atoms with Gasteiger partial charge in [0.2, 0.25) is 0 Å². The van der Waals surface area contributed by atoms with Gasteiger partial charge in [0.15, 0.2) is 5.82 Å². The lowest BCUT2D eigenvalue weighted by molar-refractivity contribution is 0.102. The third-order valence-corrected chi connectivity index (χ3v) is 6.63. The first-order valence-corrected chi connectivity index (χ1v) is 12.5. The molecule has 186 valence electrons. The van der Waals surface area contributed by atoms with Crippen molar-refractivity contribution in [1.29, 1.82) is 0 Å². The van der Waals surface area contributed by atoms with Gasteiger partial charge in [0, 0.05) is 27.4 Å². The topological polar surface area (TPSA) is 56.1 Å². The zero-order valence-electron chi connectivity index (χ0n) is 20.2. The number of rotatable bonds is 7. The Kier molecular flexibility index (Phi) is 7.94. The van der Waals surface area contributed by atoms with Gasteiger partial charge >= 0.3 is 0 Å². The molecule has 0 aliphatic carbocycles. The smallest absolute Gasteiger partial charge is 0.256 e. The molecule has 0 atom stereocenters. The van der Waals surface area contributed by atoms with Gasteiger partial charge in [-0.2, -0.15) is 5.10 Å². The summed E-state index contributed by atoms with van der Waals surface area (Å²) in [6.45, 7) is 7.17. The lowest BCUT2D eigenvalue weighted by Crippen LogP contribution is -2.13. The summed E-state index contributed by atoms with van der Waals surface area (Å²) in [5, 5.41) is 8.53. The van der Waals surface area contributed by atoms with Crippen molar-refractivity contribution in [2.75, 3.05) is 5.32 Å². The van der Waals surface area contributed by atoms with E-state index in [1.54, 1.807) is 41.2 Å². The van der Waals surface area contributed by atoms with Crippen molar-refractivity contribution in [2.24, 2.45) is 0 Å². The molecule has 4 rings (SSSR count). The molecule has 4 aromatic rings. The number of amides is 1. The molecule has 3 aromatic carbocycles. The molecule has 0 fully saturated rings. The second-order valence-corrected chi connectivity index (χ2v) is 10.7. The summed E-state index contributed by atoms with van der Waals surface area (Å²) in [5.41, 5.74) is 3.38. The second kappa shape index (κ2) is 11.0. The molecule has 1 amide bonds. The van der Waals surface area contributed by atoms with Crippen molar-refractivity contribution in [2.45, 2.75) is 39.3 Å². The Balaban J connectivity index is 1.40. The van der Waals surface area contributed by atoms with Crippen molar-refractivity contribution in [3.05, 3.63) is 110 Å². The molecule has 5 nitrogen and oxygen atoms in total. The highest BCUT2D eigenvalue weighted by molar-refractivity contribution is 6.36. The minimum Gasteiger partial charge on any atom is -0.489 e. The number of nitrogens with zero attached hydrogens (tertiary/aromatic N) is 2. The Morgan fingerprint density at radius 2 is 1.61 bits per heavy atom. The van der Waals surface area contributed by atoms with Gasteiger partial charge < -0.3 is 10.1 Å². The summed E-state index contributed by atoms with van der Waals surface area (Å²) in [6.07, 6.45) is 1.62. The van der Waals surface area contributed by atoms with Crippen LogP contribution in [0.1, 0.15) is 47.8 Å². The first kappa shape index (κ1) is 26.1. The van der Waals surface area contributed by atoms with Crippen LogP contribution in [0, 0.1) is 0 Å². The van der Waals surface area contributed by atoms with Gasteiger partial charge in [-0.25, -0.2) is 0 Å². The van der Waals surface area contributed by atoms with Crippen molar-refractivity contribution in [1.82, 2.24) is 9.78 Å². The third-order valence-electron chi connectivity index (χ3n) is 5.65. The van der Waals surface area contributed by atoms with Crippen LogP contribution in [0.2, 0.25) is 15.1 Å². The summed E-state index contributed by atoms with van der Waals surface area (Å²) in [5.74, 6) is 0.702. The molecule has 1 N–H and O–H groups in total. The number of aromatic nitrogens is 2. The molecule has 0 aliphatic heterocycles. The summed E-state index contributed by atoms with van der Waals surface area (Å²) in [6, 6.07) is 20.6. The highest BCUT2D eigenvalue weighted by Gasteiger charge is 2.15. The Morgan fingerprint density at radius 1 is 0.944 bits per heavy atom. The van der Waals surface area contributed by atoms with E-state index in [-0.39, 0.29) is 17.1 Å². The van der Waals surface area contributed by atoms with Crippen LogP contribution in [-0.2, 0) is 18.6 Å². The zero-order valence-corrected chi connectivity index (χ0v) is 22.5. The minimum absolute atomic E-state index is 0.0839. The Morgan fingerprint density at radius 3 is 2.28 bits per heavy atom. The number of hydrogen-bond acceptors (Lipinski definition) is 3. The third kappa shape index (κ3) is 6.41. The van der Waals surface area contributed by atoms with E-state index in [4.69, 9.17) is 39.5 Å². The zero-order chi connectivity index (χ0) is 25.9. The van der Waals surface area contributed by atoms with Crippen LogP contribution in [0.25, 0.3) is 0 Å². The maximum Gasteiger partial charge on any atom is 0.256 e. The van der Waals surface area contributed by atoms with Gasteiger partial charge in [0.05, 0.1) is 6.54 Å². The standard InChI is InChI=1S/C28H26Cl3N3O2/c1-28(2,3)20-10-12-21(13-11-20)36-17-18-6-4-7-19(14-18)27(35)32-26-25(31)16-34(33-26)15-22-23(29)8-5-9-24(22)30/h4-14,16H,15,17H2,1-3H3,(H,32,33,35). The van der Waals surface area contributed by atoms with Crippen molar-refractivity contribution in [3.63, 3.8) is 0 Å². The minimum atomic E-state index is -0.325. The van der Waals surface area contributed by atoms with Gasteiger partial charge in [-0.15, -0.1) is 0 Å². The maximum absolute atomic E-state index is 12.9. The van der Waals surface area contributed by atoms with E-state index >= 15 is 0 Å². The highest BCUT2D eigenvalue weighted by atomic mass is 35.5. The molecule has 0 aliphatic rings. The molecular weight excluding hydrogens is 517 g/mol. The molecule has 1 heterocycles. The van der Waals surface area contributed by atoms with E-state index in [2.05, 4.69) is 43.3 Å². The van der Waals surface area contributed by atoms with E-state index in [9.17, 15) is 4.79 Å². The lowest BCUT2D eigenvalue weighted by atomic mass is 9.87. The Hall–Kier alpha value is -2.99. The first-order chi connectivity index (χ1) is 17.1. The largest absolute Gasteiger partial charge is 0.489 e. The molecule has 0 spiro atoms. The number of carbonyl (C=O) groups excluding carboxylic acids is 1. The van der Waals surface area contributed by atoms with E-state index in [0.717, 1.165) is 16.9 Å². The molecular formula is C28H26Cl3N3O2. The van der Waals surface area contributed by atoms with Crippen LogP contribution in [0.3, 0.4) is 0 Å². The fourth-order valence-electron chi connectivity index (χ4n) is 3.61. The van der Waals surface area contributed by atoms with Gasteiger partial charge in [-0.3, -0.25) is 9.48 Å². The average Bonchev–Trinajstić information content (AvgIpc) is 3.18. The molecule has 8 heteroatoms. The van der Waals surface area contributed by atoms with Crippen LogP contribution in [0.4, 0.5) is 5.82 Å². The molecule has 36 heavy (non-hydrogen) atoms. The summed E-state index contributed by atoms with van der Waals surface area (Å²) < 4.78 is 7.50. The van der Waals surface area contributed by atoms with Crippen molar-refractivity contribution in [3.8, 4) is 5.75 Å². The molecule has 0 saturated carbocycles. The van der Waals surface area contributed by atoms with E-state index < -0.39 is 0 Å². The first-order valence-electron chi connectivity index (χ1n) is 11.4. The summed E-state index contributed by atoms with van der Waals surface area (Å²) >= 11 is 18.8. The van der Waals surface area contributed by atoms with E-state index in [0.29, 0.717) is 33.8 Å². The van der Waals surface area contributed by atoms with Crippen molar-refractivity contribution >= 4 is 46.5 Å². The van der Waals surface area contributed by atoms with E-state index in [1.807, 2.05) is 24.3 Å². The van der Waals surface area contributed by atoms with Crippen LogP contribution in [-0.4, -0.2) is 15.7 Å². The van der Waals surface area contributed by atoms with Gasteiger partial charge in [-0.05, 0) is 52.9 Å². The van der Waals surface area contributed by atoms with Gasteiger partial charge in [0.1, 0.15) is 17.4 Å². The number of ether oxygens (including phenoxy) is 1. The number of benzene rings is 3. The van der Waals surface area contributed by atoms with E-state index in [1.165, 1.54) is 5.56 Å². The molecule has 0 radical (unpaired) electrons. The predicted molar refractivity (Wildman–Crippen MR) is 147 cm³/mol. The predicted octanol–water partition coefficient (Wildman–Crippen LogP) is 8.02. The fourth-order valence-corrected chi connectivity index (χ4v) is 4.32. The van der Waals surface area contributed by atoms with Gasteiger partial charge in [-0.1, -0.05) is 85.9 Å². The maximum atomic E-state index is 12.9. The number of nitrogens with one attached hydrogen (secondary N) is 1. The number of halogens is 3. The highest BCUT2D eigenvalue weighted by Crippen LogP contribution is 2.27. The normalized spacial score (nSPS) is 11.4. The molecule has 0 saturated heterocycles. The Labute approximate surface area is 225 Å². The lowest BCUT2D eigenvalue weighted by Gasteiger charge is -2.19. The Bertz CT molecular complexity index is 1360.